The molecule has 0 atom stereocenters. The molecule has 0 aliphatic rings. The van der Waals surface area contributed by atoms with Crippen LogP contribution in [0.15, 0.2) is 53.6 Å². The lowest BCUT2D eigenvalue weighted by atomic mass is 10.4. The third-order valence-corrected chi connectivity index (χ3v) is 1.25. The second-order valence-electron chi connectivity index (χ2n) is 2.20. The molecule has 0 bridgehead atoms. The Morgan fingerprint density at radius 2 is 2.00 bits per heavy atom. The van der Waals surface area contributed by atoms with Gasteiger partial charge in [0.1, 0.15) is 6.26 Å². The van der Waals surface area contributed by atoms with E-state index in [-0.39, 0.29) is 0 Å². The Hall–Kier alpha value is -1.90. The van der Waals surface area contributed by atoms with E-state index in [2.05, 4.69) is 9.40 Å². The Kier molecular flexibility index (Phi) is 4.04. The molecule has 0 aromatic carbocycles. The summed E-state index contributed by atoms with van der Waals surface area (Å²) in [4.78, 5) is 13.6. The predicted octanol–water partition coefficient (Wildman–Crippen LogP) is 2.17. The number of carbonyl (C=O) groups is 1. The van der Waals surface area contributed by atoms with Crippen LogP contribution in [0.5, 0.6) is 0 Å². The highest BCUT2D eigenvalue weighted by molar-refractivity contribution is 5.73. The van der Waals surface area contributed by atoms with E-state index in [0.29, 0.717) is 5.56 Å². The lowest BCUT2D eigenvalue weighted by Gasteiger charge is -1.70. The molecule has 0 N–H and O–H groups in total. The first-order valence-corrected chi connectivity index (χ1v) is 3.76. The topological polar surface area (TPSA) is 43.1 Å². The predicted molar refractivity (Wildman–Crippen MR) is 48.3 cm³/mol. The molecule has 0 radical (unpaired) electrons. The first kappa shape index (κ1) is 9.19. The standard InChI is InChI=1S/C5H5N.C5H4O2/c1-2-4-6-5-3-1;6-3-5-1-2-7-4-5/h1-5H;1-4H. The first-order chi connectivity index (χ1) is 6.43. The zero-order valence-electron chi connectivity index (χ0n) is 6.96. The average Bonchev–Trinajstić information content (AvgIpc) is 2.74. The number of pyridine rings is 1. The first-order valence-electron chi connectivity index (χ1n) is 3.76. The molecule has 2 aromatic heterocycles. The van der Waals surface area contributed by atoms with E-state index in [1.54, 1.807) is 18.5 Å². The summed E-state index contributed by atoms with van der Waals surface area (Å²) in [7, 11) is 0. The van der Waals surface area contributed by atoms with Crippen molar-refractivity contribution >= 4 is 6.29 Å². The molecule has 3 nitrogen and oxygen atoms in total. The van der Waals surface area contributed by atoms with E-state index in [1.165, 1.54) is 12.5 Å². The van der Waals surface area contributed by atoms with Crippen molar-refractivity contribution in [2.45, 2.75) is 0 Å². The minimum Gasteiger partial charge on any atom is -0.472 e. The van der Waals surface area contributed by atoms with Crippen molar-refractivity contribution in [3.05, 3.63) is 54.7 Å². The van der Waals surface area contributed by atoms with Crippen molar-refractivity contribution in [3.8, 4) is 0 Å². The molecule has 66 valence electrons. The number of furan rings is 1. The summed E-state index contributed by atoms with van der Waals surface area (Å²) in [5, 5.41) is 0. The van der Waals surface area contributed by atoms with Crippen LogP contribution >= 0.6 is 0 Å². The van der Waals surface area contributed by atoms with Gasteiger partial charge < -0.3 is 4.42 Å². The fraction of sp³-hybridized carbons (Fsp3) is 0. The van der Waals surface area contributed by atoms with Gasteiger partial charge in [0, 0.05) is 12.4 Å². The smallest absolute Gasteiger partial charge is 0.153 e. The molecule has 0 saturated carbocycles. The summed E-state index contributed by atoms with van der Waals surface area (Å²) in [5.41, 5.74) is 0.583. The zero-order chi connectivity index (χ0) is 9.36. The van der Waals surface area contributed by atoms with Crippen LogP contribution in [0.1, 0.15) is 10.4 Å². The molecule has 0 spiro atoms. The number of hydrogen-bond acceptors (Lipinski definition) is 3. The lowest BCUT2D eigenvalue weighted by molar-refractivity contribution is 0.112. The van der Waals surface area contributed by atoms with Crippen LogP contribution in [-0.2, 0) is 0 Å². The van der Waals surface area contributed by atoms with Crippen LogP contribution in [0.4, 0.5) is 0 Å². The zero-order valence-corrected chi connectivity index (χ0v) is 6.96. The Labute approximate surface area is 76.0 Å². The van der Waals surface area contributed by atoms with Gasteiger partial charge in [0.25, 0.3) is 0 Å². The summed E-state index contributed by atoms with van der Waals surface area (Å²) >= 11 is 0. The molecule has 3 heteroatoms. The van der Waals surface area contributed by atoms with Gasteiger partial charge >= 0.3 is 0 Å². The Bertz CT molecular complexity index is 289. The average molecular weight is 175 g/mol. The summed E-state index contributed by atoms with van der Waals surface area (Å²) in [6, 6.07) is 7.32. The summed E-state index contributed by atoms with van der Waals surface area (Å²) in [5.74, 6) is 0. The van der Waals surface area contributed by atoms with Gasteiger partial charge in [-0.15, -0.1) is 0 Å². The van der Waals surface area contributed by atoms with Crippen LogP contribution in [-0.4, -0.2) is 11.3 Å². The molecule has 2 heterocycles. The third-order valence-electron chi connectivity index (χ3n) is 1.25. The molecule has 0 unspecified atom stereocenters. The van der Waals surface area contributed by atoms with Gasteiger partial charge in [-0.2, -0.15) is 0 Å². The summed E-state index contributed by atoms with van der Waals surface area (Å²) < 4.78 is 4.57. The Morgan fingerprint density at radius 1 is 1.23 bits per heavy atom. The second-order valence-corrected chi connectivity index (χ2v) is 2.20. The van der Waals surface area contributed by atoms with Gasteiger partial charge in [-0.05, 0) is 18.2 Å². The quantitative estimate of drug-likeness (QED) is 0.624. The van der Waals surface area contributed by atoms with Crippen molar-refractivity contribution in [1.82, 2.24) is 4.98 Å². The Balaban J connectivity index is 0.000000132. The highest BCUT2D eigenvalue weighted by Gasteiger charge is 1.84. The van der Waals surface area contributed by atoms with Gasteiger partial charge in [0.15, 0.2) is 6.29 Å². The highest BCUT2D eigenvalue weighted by Crippen LogP contribution is 1.92. The number of rotatable bonds is 1. The molecule has 0 saturated heterocycles. The number of hydrogen-bond donors (Lipinski definition) is 0. The molecular formula is C10H9NO2. The van der Waals surface area contributed by atoms with E-state index in [4.69, 9.17) is 0 Å². The van der Waals surface area contributed by atoms with Gasteiger partial charge in [0.05, 0.1) is 11.8 Å². The normalized spacial score (nSPS) is 8.31. The van der Waals surface area contributed by atoms with Crippen molar-refractivity contribution in [1.29, 1.82) is 0 Å². The van der Waals surface area contributed by atoms with Gasteiger partial charge in [-0.1, -0.05) is 6.07 Å². The van der Waals surface area contributed by atoms with Crippen molar-refractivity contribution < 1.29 is 9.21 Å². The van der Waals surface area contributed by atoms with Gasteiger partial charge in [-0.3, -0.25) is 9.78 Å². The minimum atomic E-state index is 0.583. The Morgan fingerprint density at radius 3 is 2.23 bits per heavy atom. The molecule has 2 aromatic rings. The maximum absolute atomic E-state index is 9.81. The summed E-state index contributed by atoms with van der Waals surface area (Å²) in [6.07, 6.45) is 7.10. The van der Waals surface area contributed by atoms with Crippen LogP contribution in [0.2, 0.25) is 0 Å². The minimum absolute atomic E-state index is 0.583. The largest absolute Gasteiger partial charge is 0.472 e. The van der Waals surface area contributed by atoms with Crippen LogP contribution in [0.3, 0.4) is 0 Å². The maximum Gasteiger partial charge on any atom is 0.153 e. The third kappa shape index (κ3) is 3.86. The molecule has 0 amide bonds. The molecular weight excluding hydrogens is 166 g/mol. The summed E-state index contributed by atoms with van der Waals surface area (Å²) in [6.45, 7) is 0. The SMILES string of the molecule is O=Cc1ccoc1.c1ccncc1. The van der Waals surface area contributed by atoms with Crippen molar-refractivity contribution in [2.75, 3.05) is 0 Å². The molecule has 0 aliphatic carbocycles. The number of aldehydes is 1. The number of nitrogens with zero attached hydrogens (tertiary/aromatic N) is 1. The molecule has 2 rings (SSSR count). The lowest BCUT2D eigenvalue weighted by Crippen LogP contribution is -1.65. The van der Waals surface area contributed by atoms with Crippen LogP contribution in [0, 0.1) is 0 Å². The molecule has 0 aliphatic heterocycles. The second kappa shape index (κ2) is 5.71. The van der Waals surface area contributed by atoms with Crippen LogP contribution in [0.25, 0.3) is 0 Å². The maximum atomic E-state index is 9.81. The van der Waals surface area contributed by atoms with Gasteiger partial charge in [0.2, 0.25) is 0 Å². The number of aromatic nitrogens is 1. The van der Waals surface area contributed by atoms with Gasteiger partial charge in [-0.25, -0.2) is 0 Å². The van der Waals surface area contributed by atoms with E-state index in [0.717, 1.165) is 6.29 Å². The van der Waals surface area contributed by atoms with E-state index < -0.39 is 0 Å². The van der Waals surface area contributed by atoms with E-state index in [9.17, 15) is 4.79 Å². The van der Waals surface area contributed by atoms with E-state index in [1.807, 2.05) is 18.2 Å². The highest BCUT2D eigenvalue weighted by atomic mass is 16.3. The fourth-order valence-electron chi connectivity index (χ4n) is 0.655. The monoisotopic (exact) mass is 175 g/mol. The number of carbonyl (C=O) groups excluding carboxylic acids is 1. The van der Waals surface area contributed by atoms with Crippen molar-refractivity contribution in [3.63, 3.8) is 0 Å². The van der Waals surface area contributed by atoms with Crippen LogP contribution < -0.4 is 0 Å². The van der Waals surface area contributed by atoms with E-state index >= 15 is 0 Å². The van der Waals surface area contributed by atoms with Crippen molar-refractivity contribution in [2.24, 2.45) is 0 Å². The fourth-order valence-corrected chi connectivity index (χ4v) is 0.655. The molecule has 13 heavy (non-hydrogen) atoms. The molecule has 0 fully saturated rings.